The smallest absolute Gasteiger partial charge is 0.257 e. The Morgan fingerprint density at radius 1 is 1.25 bits per heavy atom. The van der Waals surface area contributed by atoms with E-state index in [9.17, 15) is 0 Å². The summed E-state index contributed by atoms with van der Waals surface area (Å²) in [6.45, 7) is 5.38. The summed E-state index contributed by atoms with van der Waals surface area (Å²) >= 11 is 12.1. The van der Waals surface area contributed by atoms with Gasteiger partial charge in [0.05, 0.1) is 11.6 Å². The Morgan fingerprint density at radius 3 is 2.93 bits per heavy atom. The normalized spacial score (nSPS) is 17.6. The fraction of sp³-hybridized carbons (Fsp3) is 0.316. The van der Waals surface area contributed by atoms with Gasteiger partial charge in [0.1, 0.15) is 16.9 Å². The van der Waals surface area contributed by atoms with Gasteiger partial charge in [-0.1, -0.05) is 41.3 Å². The Morgan fingerprint density at radius 2 is 2.14 bits per heavy atom. The maximum absolute atomic E-state index is 6.14. The summed E-state index contributed by atoms with van der Waals surface area (Å²) in [6, 6.07) is 8.68. The summed E-state index contributed by atoms with van der Waals surface area (Å²) in [5.41, 5.74) is 0.711. The maximum atomic E-state index is 6.14. The number of ether oxygens (including phenoxy) is 2. The largest absolute Gasteiger partial charge is 0.437 e. The van der Waals surface area contributed by atoms with E-state index < -0.39 is 0 Å². The molecule has 1 unspecified atom stereocenters. The molecule has 1 atom stereocenters. The monoisotopic (exact) mass is 420 g/mol. The van der Waals surface area contributed by atoms with Crippen LogP contribution in [0.4, 0.5) is 0 Å². The molecule has 0 N–H and O–H groups in total. The van der Waals surface area contributed by atoms with Gasteiger partial charge in [-0.25, -0.2) is 4.98 Å². The van der Waals surface area contributed by atoms with E-state index >= 15 is 0 Å². The topological polar surface area (TPSA) is 73.5 Å². The number of pyridine rings is 1. The molecule has 4 rings (SSSR count). The van der Waals surface area contributed by atoms with E-state index in [2.05, 4.69) is 26.9 Å². The highest BCUT2D eigenvalue weighted by Crippen LogP contribution is 2.34. The third-order valence-corrected chi connectivity index (χ3v) is 5.24. The standard InChI is InChI=1S/C19H18Cl2N4O3/c1-2-25-8-9-26-15(11-25)19-23-18(24-28-19)12-6-7-16(22-10-12)27-14-5-3-4-13(20)17(14)21/h3-7,10,15H,2,8-9,11H2,1H3. The van der Waals surface area contributed by atoms with Crippen LogP contribution in [0.3, 0.4) is 0 Å². The number of hydrogen-bond donors (Lipinski definition) is 0. The van der Waals surface area contributed by atoms with E-state index in [0.29, 0.717) is 45.6 Å². The first-order chi connectivity index (χ1) is 13.6. The van der Waals surface area contributed by atoms with Crippen LogP contribution < -0.4 is 4.74 Å². The van der Waals surface area contributed by atoms with Crippen molar-refractivity contribution in [2.24, 2.45) is 0 Å². The first-order valence-corrected chi connectivity index (χ1v) is 9.65. The second kappa shape index (κ2) is 8.45. The highest BCUT2D eigenvalue weighted by Gasteiger charge is 2.26. The van der Waals surface area contributed by atoms with Crippen molar-refractivity contribution >= 4 is 23.2 Å². The molecule has 0 aliphatic carbocycles. The van der Waals surface area contributed by atoms with Gasteiger partial charge in [0.25, 0.3) is 5.89 Å². The average molecular weight is 421 g/mol. The van der Waals surface area contributed by atoms with Crippen molar-refractivity contribution in [1.82, 2.24) is 20.0 Å². The van der Waals surface area contributed by atoms with Crippen molar-refractivity contribution < 1.29 is 14.0 Å². The van der Waals surface area contributed by atoms with Gasteiger partial charge in [-0.3, -0.25) is 4.90 Å². The zero-order valence-electron chi connectivity index (χ0n) is 15.1. The fourth-order valence-electron chi connectivity index (χ4n) is 2.87. The molecule has 0 saturated carbocycles. The minimum Gasteiger partial charge on any atom is -0.437 e. The van der Waals surface area contributed by atoms with Crippen LogP contribution in [0.15, 0.2) is 41.1 Å². The van der Waals surface area contributed by atoms with Gasteiger partial charge in [0.15, 0.2) is 0 Å². The molecule has 1 aliphatic heterocycles. The molecular formula is C19H18Cl2N4O3. The first-order valence-electron chi connectivity index (χ1n) is 8.90. The van der Waals surface area contributed by atoms with Crippen LogP contribution in [0.5, 0.6) is 11.6 Å². The van der Waals surface area contributed by atoms with Crippen LogP contribution in [0.25, 0.3) is 11.4 Å². The van der Waals surface area contributed by atoms with Gasteiger partial charge in [0, 0.05) is 30.9 Å². The highest BCUT2D eigenvalue weighted by molar-refractivity contribution is 6.42. The van der Waals surface area contributed by atoms with Gasteiger partial charge in [-0.15, -0.1) is 0 Å². The Kier molecular flexibility index (Phi) is 5.77. The molecule has 0 amide bonds. The maximum Gasteiger partial charge on any atom is 0.257 e. The second-order valence-corrected chi connectivity index (χ2v) is 7.03. The van der Waals surface area contributed by atoms with E-state index in [1.807, 2.05) is 0 Å². The molecule has 1 fully saturated rings. The summed E-state index contributed by atoms with van der Waals surface area (Å²) in [5.74, 6) is 1.74. The molecule has 3 heterocycles. The number of rotatable bonds is 5. The van der Waals surface area contributed by atoms with Gasteiger partial charge >= 0.3 is 0 Å². The molecule has 7 nitrogen and oxygen atoms in total. The Balaban J connectivity index is 1.47. The molecule has 0 spiro atoms. The van der Waals surface area contributed by atoms with Crippen molar-refractivity contribution in [3.8, 4) is 23.0 Å². The number of halogens is 2. The van der Waals surface area contributed by atoms with Crippen molar-refractivity contribution in [3.63, 3.8) is 0 Å². The molecule has 146 valence electrons. The number of benzene rings is 1. The van der Waals surface area contributed by atoms with Crippen molar-refractivity contribution in [2.45, 2.75) is 13.0 Å². The SMILES string of the molecule is CCN1CCOC(c2nc(-c3ccc(Oc4cccc(Cl)c4Cl)nc3)no2)C1. The van der Waals surface area contributed by atoms with Crippen molar-refractivity contribution in [1.29, 1.82) is 0 Å². The number of morpholine rings is 1. The quantitative estimate of drug-likeness (QED) is 0.595. The minimum atomic E-state index is -0.213. The number of hydrogen-bond acceptors (Lipinski definition) is 7. The van der Waals surface area contributed by atoms with Crippen LogP contribution >= 0.6 is 23.2 Å². The lowest BCUT2D eigenvalue weighted by molar-refractivity contribution is -0.0431. The second-order valence-electron chi connectivity index (χ2n) is 6.25. The molecule has 0 radical (unpaired) electrons. The molecule has 3 aromatic rings. The Hall–Kier alpha value is -2.19. The van der Waals surface area contributed by atoms with E-state index in [-0.39, 0.29) is 6.10 Å². The van der Waals surface area contributed by atoms with Crippen LogP contribution in [0.1, 0.15) is 18.9 Å². The molecule has 9 heteroatoms. The highest BCUT2D eigenvalue weighted by atomic mass is 35.5. The molecule has 2 aromatic heterocycles. The Bertz CT molecular complexity index is 949. The molecule has 1 saturated heterocycles. The fourth-order valence-corrected chi connectivity index (χ4v) is 3.20. The number of aromatic nitrogens is 3. The Labute approximate surface area is 172 Å². The zero-order chi connectivity index (χ0) is 19.5. The molecule has 1 aliphatic rings. The summed E-state index contributed by atoms with van der Waals surface area (Å²) in [5, 5.41) is 4.81. The van der Waals surface area contributed by atoms with Gasteiger partial charge in [0.2, 0.25) is 11.7 Å². The van der Waals surface area contributed by atoms with Crippen molar-refractivity contribution in [2.75, 3.05) is 26.2 Å². The lowest BCUT2D eigenvalue weighted by Gasteiger charge is -2.29. The third kappa shape index (κ3) is 4.12. The molecular weight excluding hydrogens is 403 g/mol. The average Bonchev–Trinajstić information content (AvgIpc) is 3.22. The van der Waals surface area contributed by atoms with Crippen molar-refractivity contribution in [3.05, 3.63) is 52.5 Å². The number of likely N-dealkylation sites (N-methyl/N-ethyl adjacent to an activating group) is 1. The number of nitrogens with zero attached hydrogens (tertiary/aromatic N) is 4. The first kappa shape index (κ1) is 19.1. The lowest BCUT2D eigenvalue weighted by atomic mass is 10.2. The molecule has 0 bridgehead atoms. The minimum absolute atomic E-state index is 0.213. The van der Waals surface area contributed by atoms with Crippen LogP contribution in [0, 0.1) is 0 Å². The lowest BCUT2D eigenvalue weighted by Crippen LogP contribution is -2.38. The summed E-state index contributed by atoms with van der Waals surface area (Å²) in [7, 11) is 0. The third-order valence-electron chi connectivity index (χ3n) is 4.44. The van der Waals surface area contributed by atoms with E-state index in [0.717, 1.165) is 19.6 Å². The van der Waals surface area contributed by atoms with Gasteiger partial charge < -0.3 is 14.0 Å². The van der Waals surface area contributed by atoms with Crippen LogP contribution in [-0.2, 0) is 4.74 Å². The zero-order valence-corrected chi connectivity index (χ0v) is 16.7. The summed E-state index contributed by atoms with van der Waals surface area (Å²) in [4.78, 5) is 11.0. The molecule has 28 heavy (non-hydrogen) atoms. The van der Waals surface area contributed by atoms with E-state index in [1.165, 1.54) is 0 Å². The van der Waals surface area contributed by atoms with Crippen LogP contribution in [-0.4, -0.2) is 46.3 Å². The predicted octanol–water partition coefficient (Wildman–Crippen LogP) is 4.62. The summed E-state index contributed by atoms with van der Waals surface area (Å²) < 4.78 is 16.8. The van der Waals surface area contributed by atoms with Gasteiger partial charge in [-0.05, 0) is 24.7 Å². The van der Waals surface area contributed by atoms with Gasteiger partial charge in [-0.2, -0.15) is 4.98 Å². The van der Waals surface area contributed by atoms with E-state index in [4.69, 9.17) is 37.2 Å². The van der Waals surface area contributed by atoms with Crippen LogP contribution in [0.2, 0.25) is 10.0 Å². The summed E-state index contributed by atoms with van der Waals surface area (Å²) in [6.07, 6.45) is 1.40. The van der Waals surface area contributed by atoms with E-state index in [1.54, 1.807) is 36.5 Å². The predicted molar refractivity (Wildman–Crippen MR) is 105 cm³/mol. The molecule has 1 aromatic carbocycles.